The predicted molar refractivity (Wildman–Crippen MR) is 50.3 cm³/mol. The second-order valence-electron chi connectivity index (χ2n) is 3.13. The van der Waals surface area contributed by atoms with Crippen LogP contribution >= 0.6 is 11.6 Å². The van der Waals surface area contributed by atoms with Crippen molar-refractivity contribution in [2.75, 3.05) is 13.1 Å². The second kappa shape index (κ2) is 3.47. The van der Waals surface area contributed by atoms with Gasteiger partial charge in [-0.2, -0.15) is 5.10 Å². The third kappa shape index (κ3) is 1.89. The molecule has 1 aliphatic heterocycles. The third-order valence-electron chi connectivity index (χ3n) is 2.08. The van der Waals surface area contributed by atoms with Gasteiger partial charge in [-0.25, -0.2) is 9.67 Å². The molecule has 0 spiro atoms. The molecule has 2 heterocycles. The van der Waals surface area contributed by atoms with E-state index in [-0.39, 0.29) is 0 Å². The van der Waals surface area contributed by atoms with E-state index in [1.807, 2.05) is 4.68 Å². The van der Waals surface area contributed by atoms with Crippen molar-refractivity contribution in [2.45, 2.75) is 13.1 Å². The molecule has 4 nitrogen and oxygen atoms in total. The zero-order chi connectivity index (χ0) is 9.26. The Morgan fingerprint density at radius 3 is 3.23 bits per heavy atom. The quantitative estimate of drug-likeness (QED) is 0.707. The first-order chi connectivity index (χ1) is 6.25. The highest BCUT2D eigenvalue weighted by Crippen LogP contribution is 2.10. The van der Waals surface area contributed by atoms with Crippen molar-refractivity contribution >= 4 is 11.6 Å². The second-order valence-corrected chi connectivity index (χ2v) is 3.66. The molecule has 70 valence electrons. The van der Waals surface area contributed by atoms with Crippen molar-refractivity contribution in [1.29, 1.82) is 0 Å². The number of aromatic nitrogens is 3. The topological polar surface area (TPSA) is 34.0 Å². The lowest BCUT2D eigenvalue weighted by Crippen LogP contribution is -2.34. The molecule has 0 radical (unpaired) electrons. The fourth-order valence-electron chi connectivity index (χ4n) is 1.49. The summed E-state index contributed by atoms with van der Waals surface area (Å²) >= 11 is 5.73. The van der Waals surface area contributed by atoms with Crippen LogP contribution in [0, 0.1) is 0 Å². The monoisotopic (exact) mass is 198 g/mol. The molecule has 0 saturated carbocycles. The highest BCUT2D eigenvalue weighted by atomic mass is 35.5. The molecule has 0 amide bonds. The number of hydrogen-bond acceptors (Lipinski definition) is 3. The number of fused-ring (bicyclic) bond motifs is 1. The van der Waals surface area contributed by atoms with Crippen LogP contribution in [0.2, 0.25) is 0 Å². The number of nitrogens with zero attached hydrogens (tertiary/aromatic N) is 4. The Balaban J connectivity index is 2.04. The Hall–Kier alpha value is -0.870. The van der Waals surface area contributed by atoms with Gasteiger partial charge in [0.2, 0.25) is 0 Å². The van der Waals surface area contributed by atoms with Crippen molar-refractivity contribution in [3.63, 3.8) is 0 Å². The van der Waals surface area contributed by atoms with E-state index in [2.05, 4.69) is 21.6 Å². The number of hydrogen-bond donors (Lipinski definition) is 0. The van der Waals surface area contributed by atoms with Crippen molar-refractivity contribution in [3.8, 4) is 0 Å². The van der Waals surface area contributed by atoms with Crippen molar-refractivity contribution in [1.82, 2.24) is 19.7 Å². The van der Waals surface area contributed by atoms with Gasteiger partial charge in [0.15, 0.2) is 0 Å². The highest BCUT2D eigenvalue weighted by molar-refractivity contribution is 6.29. The molecular weight excluding hydrogens is 188 g/mol. The van der Waals surface area contributed by atoms with Gasteiger partial charge in [-0.15, -0.1) is 0 Å². The van der Waals surface area contributed by atoms with Gasteiger partial charge in [-0.1, -0.05) is 18.2 Å². The normalized spacial score (nSPS) is 17.0. The van der Waals surface area contributed by atoms with E-state index >= 15 is 0 Å². The smallest absolute Gasteiger partial charge is 0.141 e. The molecule has 0 fully saturated rings. The van der Waals surface area contributed by atoms with Crippen LogP contribution in [-0.2, 0) is 13.1 Å². The van der Waals surface area contributed by atoms with E-state index in [4.69, 9.17) is 11.6 Å². The molecule has 13 heavy (non-hydrogen) atoms. The van der Waals surface area contributed by atoms with Crippen molar-refractivity contribution < 1.29 is 0 Å². The molecule has 0 bridgehead atoms. The molecule has 0 saturated heterocycles. The molecule has 0 atom stereocenters. The number of rotatable bonds is 2. The molecule has 1 aromatic heterocycles. The molecule has 2 rings (SSSR count). The summed E-state index contributed by atoms with van der Waals surface area (Å²) in [6.45, 7) is 7.06. The van der Waals surface area contributed by atoms with E-state index in [0.717, 1.165) is 32.0 Å². The molecule has 0 aliphatic carbocycles. The Morgan fingerprint density at radius 2 is 2.46 bits per heavy atom. The molecule has 1 aromatic rings. The lowest BCUT2D eigenvalue weighted by Gasteiger charge is -2.25. The number of halogens is 1. The summed E-state index contributed by atoms with van der Waals surface area (Å²) in [4.78, 5) is 6.36. The summed E-state index contributed by atoms with van der Waals surface area (Å²) < 4.78 is 1.92. The van der Waals surface area contributed by atoms with Gasteiger partial charge < -0.3 is 0 Å². The minimum absolute atomic E-state index is 0.674. The van der Waals surface area contributed by atoms with Gasteiger partial charge in [0, 0.05) is 18.1 Å². The fourth-order valence-corrected chi connectivity index (χ4v) is 1.66. The largest absolute Gasteiger partial charge is 0.289 e. The van der Waals surface area contributed by atoms with E-state index in [0.29, 0.717) is 5.03 Å². The van der Waals surface area contributed by atoms with Crippen LogP contribution < -0.4 is 0 Å². The first kappa shape index (κ1) is 8.72. The zero-order valence-electron chi connectivity index (χ0n) is 7.28. The van der Waals surface area contributed by atoms with E-state index < -0.39 is 0 Å². The Labute approximate surface area is 81.8 Å². The van der Waals surface area contributed by atoms with Crippen LogP contribution in [0.5, 0.6) is 0 Å². The summed E-state index contributed by atoms with van der Waals surface area (Å²) in [5.74, 6) is 1.00. The van der Waals surface area contributed by atoms with Crippen molar-refractivity contribution in [3.05, 3.63) is 23.8 Å². The van der Waals surface area contributed by atoms with Crippen LogP contribution in [0.1, 0.15) is 5.82 Å². The van der Waals surface area contributed by atoms with E-state index in [1.165, 1.54) is 0 Å². The summed E-state index contributed by atoms with van der Waals surface area (Å²) in [6.07, 6.45) is 1.59. The van der Waals surface area contributed by atoms with Crippen LogP contribution in [-0.4, -0.2) is 32.8 Å². The van der Waals surface area contributed by atoms with Crippen LogP contribution in [0.3, 0.4) is 0 Å². The highest BCUT2D eigenvalue weighted by Gasteiger charge is 2.17. The first-order valence-electron chi connectivity index (χ1n) is 4.18. The Kier molecular flexibility index (Phi) is 2.33. The lowest BCUT2D eigenvalue weighted by molar-refractivity contribution is 0.229. The SMILES string of the molecule is C=C(Cl)CN1CCn2ncnc2C1. The van der Waals surface area contributed by atoms with Crippen LogP contribution in [0.15, 0.2) is 17.9 Å². The average molecular weight is 199 g/mol. The molecule has 0 aromatic carbocycles. The maximum atomic E-state index is 5.73. The zero-order valence-corrected chi connectivity index (χ0v) is 8.04. The van der Waals surface area contributed by atoms with Gasteiger partial charge in [-0.05, 0) is 0 Å². The summed E-state index contributed by atoms with van der Waals surface area (Å²) in [6, 6.07) is 0. The molecule has 5 heteroatoms. The summed E-state index contributed by atoms with van der Waals surface area (Å²) in [5, 5.41) is 4.77. The van der Waals surface area contributed by atoms with Gasteiger partial charge >= 0.3 is 0 Å². The van der Waals surface area contributed by atoms with Gasteiger partial charge in [-0.3, -0.25) is 4.90 Å². The molecule has 0 N–H and O–H groups in total. The molecular formula is C8H11ClN4. The minimum Gasteiger partial charge on any atom is -0.289 e. The first-order valence-corrected chi connectivity index (χ1v) is 4.56. The van der Waals surface area contributed by atoms with Crippen LogP contribution in [0.25, 0.3) is 0 Å². The summed E-state index contributed by atoms with van der Waals surface area (Å²) in [7, 11) is 0. The minimum atomic E-state index is 0.674. The van der Waals surface area contributed by atoms with Gasteiger partial charge in [0.05, 0.1) is 13.1 Å². The van der Waals surface area contributed by atoms with Crippen molar-refractivity contribution in [2.24, 2.45) is 0 Å². The maximum absolute atomic E-state index is 5.73. The van der Waals surface area contributed by atoms with E-state index in [1.54, 1.807) is 6.33 Å². The predicted octanol–water partition coefficient (Wildman–Crippen LogP) is 0.846. The molecule has 0 unspecified atom stereocenters. The lowest BCUT2D eigenvalue weighted by atomic mass is 10.3. The Morgan fingerprint density at radius 1 is 1.62 bits per heavy atom. The Bertz CT molecular complexity index is 320. The maximum Gasteiger partial charge on any atom is 0.141 e. The average Bonchev–Trinajstić information content (AvgIpc) is 2.49. The third-order valence-corrected chi connectivity index (χ3v) is 2.20. The van der Waals surface area contributed by atoms with Gasteiger partial charge in [0.1, 0.15) is 12.2 Å². The van der Waals surface area contributed by atoms with Crippen LogP contribution in [0.4, 0.5) is 0 Å². The van der Waals surface area contributed by atoms with E-state index in [9.17, 15) is 0 Å². The fraction of sp³-hybridized carbons (Fsp3) is 0.500. The van der Waals surface area contributed by atoms with Gasteiger partial charge in [0.25, 0.3) is 0 Å². The standard InChI is InChI=1S/C8H11ClN4/c1-7(9)4-12-2-3-13-8(5-12)10-6-11-13/h6H,1-5H2. The summed E-state index contributed by atoms with van der Waals surface area (Å²) in [5.41, 5.74) is 0. The molecule has 1 aliphatic rings.